The predicted molar refractivity (Wildman–Crippen MR) is 202 cm³/mol. The van der Waals surface area contributed by atoms with Gasteiger partial charge in [0, 0.05) is 61.8 Å². The van der Waals surface area contributed by atoms with E-state index >= 15 is 0 Å². The molecule has 4 aliphatic heterocycles. The Morgan fingerprint density at radius 2 is 1.87 bits per heavy atom. The number of carbonyl (C=O) groups is 2. The van der Waals surface area contributed by atoms with Crippen LogP contribution in [0.2, 0.25) is 0 Å². The van der Waals surface area contributed by atoms with E-state index in [1.165, 1.54) is 12.6 Å². The van der Waals surface area contributed by atoms with Crippen molar-refractivity contribution in [2.24, 2.45) is 11.3 Å². The van der Waals surface area contributed by atoms with Crippen LogP contribution in [0.1, 0.15) is 77.8 Å². The third-order valence-corrected chi connectivity index (χ3v) is 12.7. The highest BCUT2D eigenvalue weighted by Crippen LogP contribution is 2.52. The van der Waals surface area contributed by atoms with Crippen molar-refractivity contribution in [3.05, 3.63) is 60.4 Å². The lowest BCUT2D eigenvalue weighted by Gasteiger charge is -2.46. The number of hydrogen-bond acceptors (Lipinski definition) is 8. The first-order valence-electron chi connectivity index (χ1n) is 19.3. The molecule has 53 heavy (non-hydrogen) atoms. The van der Waals surface area contributed by atoms with Crippen LogP contribution in [-0.2, 0) is 19.7 Å². The maximum Gasteiger partial charge on any atom is 0.238 e. The summed E-state index contributed by atoms with van der Waals surface area (Å²) in [6.07, 6.45) is 9.62. The first-order valence-corrected chi connectivity index (χ1v) is 19.3. The Morgan fingerprint density at radius 1 is 1.06 bits per heavy atom. The fraction of sp³-hybridized carbons (Fsp3) is 0.537. The van der Waals surface area contributed by atoms with Gasteiger partial charge < -0.3 is 24.4 Å². The van der Waals surface area contributed by atoms with Crippen LogP contribution in [0.5, 0.6) is 0 Å². The van der Waals surface area contributed by atoms with E-state index in [1.807, 2.05) is 15.5 Å². The van der Waals surface area contributed by atoms with Crippen molar-refractivity contribution < 1.29 is 18.7 Å². The summed E-state index contributed by atoms with van der Waals surface area (Å²) in [7, 11) is 0. The zero-order valence-corrected chi connectivity index (χ0v) is 31.1. The summed E-state index contributed by atoms with van der Waals surface area (Å²) in [6, 6.07) is 10.6. The van der Waals surface area contributed by atoms with E-state index in [9.17, 15) is 14.0 Å². The molecule has 1 spiro atoms. The summed E-state index contributed by atoms with van der Waals surface area (Å²) < 4.78 is 22.4. The van der Waals surface area contributed by atoms with E-state index in [-0.39, 0.29) is 35.5 Å². The smallest absolute Gasteiger partial charge is 0.238 e. The van der Waals surface area contributed by atoms with E-state index in [1.54, 1.807) is 18.6 Å². The number of pyridine rings is 2. The number of benzene rings is 1. The summed E-state index contributed by atoms with van der Waals surface area (Å²) in [6.45, 7) is 13.3. The molecule has 0 bridgehead atoms. The van der Waals surface area contributed by atoms with Crippen molar-refractivity contribution in [3.63, 3.8) is 0 Å². The van der Waals surface area contributed by atoms with Gasteiger partial charge in [-0.2, -0.15) is 0 Å². The Kier molecular flexibility index (Phi) is 8.34. The second-order valence-electron chi connectivity index (χ2n) is 17.0. The lowest BCUT2D eigenvalue weighted by molar-refractivity contribution is -0.139. The number of amides is 2. The van der Waals surface area contributed by atoms with Crippen molar-refractivity contribution in [2.75, 3.05) is 49.6 Å². The molecule has 4 fully saturated rings. The molecule has 3 aromatic heterocycles. The number of carbonyl (C=O) groups excluding carboxylic acids is 2. The quantitative estimate of drug-likeness (QED) is 0.232. The number of fused-ring (bicyclic) bond motifs is 3. The molecule has 3 saturated heterocycles. The van der Waals surface area contributed by atoms with Crippen LogP contribution >= 0.6 is 0 Å². The van der Waals surface area contributed by atoms with Gasteiger partial charge in [0.1, 0.15) is 5.52 Å². The van der Waals surface area contributed by atoms with Gasteiger partial charge in [-0.15, -0.1) is 0 Å². The third kappa shape index (κ3) is 5.80. The second kappa shape index (κ2) is 12.9. The highest BCUT2D eigenvalue weighted by Gasteiger charge is 2.56. The largest absolute Gasteiger partial charge is 0.381 e. The molecule has 1 atom stereocenters. The molecule has 1 aromatic carbocycles. The molecule has 9 rings (SSSR count). The zero-order valence-electron chi connectivity index (χ0n) is 31.1. The van der Waals surface area contributed by atoms with Crippen LogP contribution in [0.3, 0.4) is 0 Å². The van der Waals surface area contributed by atoms with Crippen molar-refractivity contribution in [3.8, 4) is 11.3 Å². The summed E-state index contributed by atoms with van der Waals surface area (Å²) in [5, 5.41) is 3.23. The topological polar surface area (TPSA) is 109 Å². The Labute approximate surface area is 309 Å². The van der Waals surface area contributed by atoms with E-state index < -0.39 is 11.2 Å². The summed E-state index contributed by atoms with van der Waals surface area (Å²) in [5.74, 6) is 0.270. The van der Waals surface area contributed by atoms with E-state index in [0.29, 0.717) is 62.1 Å². The fourth-order valence-corrected chi connectivity index (χ4v) is 9.52. The van der Waals surface area contributed by atoms with Gasteiger partial charge in [0.05, 0.1) is 47.4 Å². The monoisotopic (exact) mass is 720 g/mol. The Hall–Kier alpha value is -4.42. The van der Waals surface area contributed by atoms with Crippen molar-refractivity contribution in [1.29, 1.82) is 0 Å². The molecule has 1 saturated carbocycles. The molecule has 0 unspecified atom stereocenters. The molecule has 4 aromatic rings. The van der Waals surface area contributed by atoms with Crippen molar-refractivity contribution in [2.45, 2.75) is 89.8 Å². The second-order valence-corrected chi connectivity index (χ2v) is 17.0. The molecule has 1 aliphatic carbocycles. The van der Waals surface area contributed by atoms with Crippen molar-refractivity contribution >= 4 is 40.0 Å². The molecule has 7 heterocycles. The maximum absolute atomic E-state index is 14.9. The highest BCUT2D eigenvalue weighted by atomic mass is 19.1. The van der Waals surface area contributed by atoms with E-state index in [2.05, 4.69) is 66.0 Å². The minimum absolute atomic E-state index is 0.0802. The fourth-order valence-electron chi connectivity index (χ4n) is 9.52. The van der Waals surface area contributed by atoms with E-state index in [0.717, 1.165) is 60.2 Å². The Morgan fingerprint density at radius 3 is 2.57 bits per heavy atom. The summed E-state index contributed by atoms with van der Waals surface area (Å²) in [5.41, 5.74) is 5.01. The predicted octanol–water partition coefficient (Wildman–Crippen LogP) is 6.46. The number of hydrogen-bond donors (Lipinski definition) is 1. The maximum atomic E-state index is 14.9. The number of nitrogens with zero attached hydrogens (tertiary/aromatic N) is 7. The van der Waals surface area contributed by atoms with Crippen LogP contribution in [0.15, 0.2) is 49.1 Å². The average molecular weight is 721 g/mol. The van der Waals surface area contributed by atoms with Gasteiger partial charge >= 0.3 is 0 Å². The molecule has 2 amide bonds. The molecule has 0 radical (unpaired) electrons. The molecule has 5 aliphatic rings. The number of aromatic nitrogens is 4. The van der Waals surface area contributed by atoms with Gasteiger partial charge in [-0.25, -0.2) is 14.4 Å². The summed E-state index contributed by atoms with van der Waals surface area (Å²) in [4.78, 5) is 48.7. The molecule has 12 heteroatoms. The van der Waals surface area contributed by atoms with Gasteiger partial charge in [-0.1, -0.05) is 26.0 Å². The SMILES string of the molecule is CC(C)n1cnc2cc(-c3ccc4c(c3)N(C3CC(N5CCC(C)(C)C5)C3)C(=O)C43CCN(C(=O)[C@@H]4CCOC4)CC3)nc(Nc3ccncc3F)c21. The molecule has 278 valence electrons. The van der Waals surface area contributed by atoms with Crippen LogP contribution in [-0.4, -0.2) is 92.6 Å². The minimum Gasteiger partial charge on any atom is -0.381 e. The van der Waals surface area contributed by atoms with E-state index in [4.69, 9.17) is 14.7 Å². The first kappa shape index (κ1) is 34.4. The molecule has 1 N–H and O–H groups in total. The van der Waals surface area contributed by atoms with Gasteiger partial charge in [-0.3, -0.25) is 19.5 Å². The first-order chi connectivity index (χ1) is 25.5. The van der Waals surface area contributed by atoms with Gasteiger partial charge in [0.15, 0.2) is 11.6 Å². The average Bonchev–Trinajstić information content (AvgIpc) is 3.93. The Balaban J connectivity index is 1.08. The number of piperidine rings is 1. The lowest BCUT2D eigenvalue weighted by Crippen LogP contribution is -2.58. The van der Waals surface area contributed by atoms with Crippen LogP contribution in [0, 0.1) is 17.2 Å². The number of halogens is 1. The number of anilines is 3. The minimum atomic E-state index is -0.670. The third-order valence-electron chi connectivity index (χ3n) is 12.7. The van der Waals surface area contributed by atoms with Crippen LogP contribution < -0.4 is 10.2 Å². The highest BCUT2D eigenvalue weighted by molar-refractivity contribution is 6.09. The van der Waals surface area contributed by atoms with Gasteiger partial charge in [0.25, 0.3) is 0 Å². The summed E-state index contributed by atoms with van der Waals surface area (Å²) >= 11 is 0. The normalized spacial score (nSPS) is 25.1. The molecule has 11 nitrogen and oxygen atoms in total. The molecular weight excluding hydrogens is 672 g/mol. The van der Waals surface area contributed by atoms with Gasteiger partial charge in [-0.05, 0) is 88.1 Å². The molecular formula is C41H49FN8O3. The van der Waals surface area contributed by atoms with Crippen LogP contribution in [0.4, 0.5) is 21.6 Å². The number of ether oxygens (including phenoxy) is 1. The van der Waals surface area contributed by atoms with Crippen molar-refractivity contribution in [1.82, 2.24) is 29.3 Å². The number of rotatable bonds is 7. The number of nitrogens with one attached hydrogen (secondary N) is 1. The van der Waals surface area contributed by atoms with Crippen LogP contribution in [0.25, 0.3) is 22.3 Å². The lowest BCUT2D eigenvalue weighted by atomic mass is 9.73. The Bertz CT molecular complexity index is 2080. The van der Waals surface area contributed by atoms with Gasteiger partial charge in [0.2, 0.25) is 11.8 Å². The standard InChI is InChI=1S/C41H49FN8O3/c1-25(2)49-24-44-34-20-33(46-37(36(34)49)45-32-7-12-43-21-31(32)42)26-5-6-30-35(17-26)50(29-18-28(19-29)48-13-9-40(3,4)23-48)39(52)41(30)10-14-47(15-11-41)38(51)27-8-16-53-22-27/h5-7,12,17,20-21,24-25,27-29H,8-11,13-16,18-19,22-23H2,1-4H3,(H,43,45,46)/t27-,28?,29?/m1/s1. The number of likely N-dealkylation sites (tertiary alicyclic amines) is 2. The zero-order chi connectivity index (χ0) is 36.6. The number of imidazole rings is 1.